The average Bonchev–Trinajstić information content (AvgIpc) is 2.33. The molecule has 10 heavy (non-hydrogen) atoms. The summed E-state index contributed by atoms with van der Waals surface area (Å²) in [4.78, 5) is 5.22. The first kappa shape index (κ1) is 7.98. The summed E-state index contributed by atoms with van der Waals surface area (Å²) >= 11 is 1.55. The van der Waals surface area contributed by atoms with Crippen LogP contribution in [0.2, 0.25) is 0 Å². The van der Waals surface area contributed by atoms with E-state index in [1.54, 1.807) is 11.8 Å². The lowest BCUT2D eigenvalue weighted by Crippen LogP contribution is -3.00. The number of rotatable bonds is 0. The molecule has 50 valence electrons. The first-order chi connectivity index (χ1) is 4.47. The van der Waals surface area contributed by atoms with E-state index in [1.165, 1.54) is 4.90 Å². The molecule has 0 N–H and O–H groups in total. The fourth-order valence-corrected chi connectivity index (χ4v) is 1.36. The van der Waals surface area contributed by atoms with E-state index in [0.717, 1.165) is 5.69 Å². The quantitative estimate of drug-likeness (QED) is 0.446. The molecule has 0 fully saturated rings. The van der Waals surface area contributed by atoms with Gasteiger partial charge in [0.15, 0.2) is 4.90 Å². The van der Waals surface area contributed by atoms with Gasteiger partial charge < -0.3 is 24.0 Å². The van der Waals surface area contributed by atoms with E-state index in [9.17, 15) is 0 Å². The number of nitrogens with zero attached hydrogens (tertiary/aromatic N) is 1. The highest BCUT2D eigenvalue weighted by Gasteiger charge is 2.17. The summed E-state index contributed by atoms with van der Waals surface area (Å²) < 4.78 is 0. The van der Waals surface area contributed by atoms with Crippen molar-refractivity contribution in [2.75, 3.05) is 0 Å². The van der Waals surface area contributed by atoms with Gasteiger partial charge in [0.1, 0.15) is 11.8 Å². The SMILES string of the molecule is [C+]1=Nc2ccccc2S1.[I-]. The van der Waals surface area contributed by atoms with Crippen molar-refractivity contribution in [3.63, 3.8) is 0 Å². The molecule has 0 aliphatic carbocycles. The van der Waals surface area contributed by atoms with Crippen LogP contribution in [0.5, 0.6) is 0 Å². The highest BCUT2D eigenvalue weighted by Crippen LogP contribution is 2.32. The van der Waals surface area contributed by atoms with Gasteiger partial charge in [-0.2, -0.15) is 0 Å². The molecule has 0 saturated heterocycles. The van der Waals surface area contributed by atoms with E-state index in [2.05, 4.69) is 10.5 Å². The molecule has 1 aliphatic heterocycles. The first-order valence-electron chi connectivity index (χ1n) is 2.68. The van der Waals surface area contributed by atoms with Crippen molar-refractivity contribution in [3.05, 3.63) is 24.3 Å². The van der Waals surface area contributed by atoms with Crippen molar-refractivity contribution in [3.8, 4) is 0 Å². The number of hydrogen-bond donors (Lipinski definition) is 0. The fraction of sp³-hybridized carbons (Fsp3) is 0. The second-order valence-electron chi connectivity index (χ2n) is 1.77. The second kappa shape index (κ2) is 3.32. The lowest BCUT2D eigenvalue weighted by Gasteiger charge is -1.79. The highest BCUT2D eigenvalue weighted by molar-refractivity contribution is 8.12. The molecule has 1 aliphatic rings. The highest BCUT2D eigenvalue weighted by atomic mass is 127. The third-order valence-corrected chi connectivity index (χ3v) is 1.93. The minimum atomic E-state index is 0. The molecule has 0 saturated carbocycles. The molecule has 0 unspecified atom stereocenters. The van der Waals surface area contributed by atoms with Crippen molar-refractivity contribution in [1.29, 1.82) is 0 Å². The van der Waals surface area contributed by atoms with Gasteiger partial charge in [0, 0.05) is 4.99 Å². The molecule has 0 bridgehead atoms. The molecular formula is C7H4INS. The van der Waals surface area contributed by atoms with Crippen molar-refractivity contribution in [1.82, 2.24) is 0 Å². The van der Waals surface area contributed by atoms with Crippen molar-refractivity contribution in [2.45, 2.75) is 4.90 Å². The molecule has 0 spiro atoms. The van der Waals surface area contributed by atoms with Gasteiger partial charge in [-0.3, -0.25) is 0 Å². The summed E-state index contributed by atoms with van der Waals surface area (Å²) in [5.41, 5.74) is 3.87. The summed E-state index contributed by atoms with van der Waals surface area (Å²) in [7, 11) is 0. The zero-order valence-electron chi connectivity index (χ0n) is 5.04. The lowest BCUT2D eigenvalue weighted by atomic mass is 10.3. The van der Waals surface area contributed by atoms with E-state index < -0.39 is 0 Å². The zero-order chi connectivity index (χ0) is 6.10. The van der Waals surface area contributed by atoms with Crippen molar-refractivity contribution >= 4 is 23.0 Å². The van der Waals surface area contributed by atoms with Gasteiger partial charge in [0.25, 0.3) is 5.55 Å². The number of benzene rings is 1. The second-order valence-corrected chi connectivity index (χ2v) is 2.60. The Morgan fingerprint density at radius 2 is 2.10 bits per heavy atom. The Balaban J connectivity index is 0.000000500. The summed E-state index contributed by atoms with van der Waals surface area (Å²) in [6.07, 6.45) is 0. The van der Waals surface area contributed by atoms with Crippen LogP contribution in [0.25, 0.3) is 0 Å². The normalized spacial score (nSPS) is 11.6. The average molecular weight is 261 g/mol. The molecule has 3 heteroatoms. The molecule has 1 aromatic rings. The number of halogens is 1. The standard InChI is InChI=1S/C7H4NS.HI/c1-2-4-7-6(3-1)8-5-9-7;/h1-4H;1H/q+1;/p-1. The third kappa shape index (κ3) is 1.31. The van der Waals surface area contributed by atoms with Gasteiger partial charge in [-0.25, -0.2) is 0 Å². The molecule has 0 atom stereocenters. The molecule has 1 heterocycles. The third-order valence-electron chi connectivity index (χ3n) is 1.19. The van der Waals surface area contributed by atoms with E-state index >= 15 is 0 Å². The van der Waals surface area contributed by atoms with Crippen LogP contribution in [-0.4, -0.2) is 5.55 Å². The van der Waals surface area contributed by atoms with E-state index in [1.807, 2.05) is 24.3 Å². The molecule has 0 aromatic heterocycles. The Labute approximate surface area is 81.0 Å². The van der Waals surface area contributed by atoms with E-state index in [-0.39, 0.29) is 24.0 Å². The van der Waals surface area contributed by atoms with Crippen LogP contribution in [0.4, 0.5) is 5.69 Å². The predicted molar refractivity (Wildman–Crippen MR) is 39.4 cm³/mol. The maximum absolute atomic E-state index is 4.01. The number of fused-ring (bicyclic) bond motifs is 1. The maximum atomic E-state index is 4.01. The molecule has 0 radical (unpaired) electrons. The first-order valence-corrected chi connectivity index (χ1v) is 3.50. The number of para-hydroxylation sites is 1. The topological polar surface area (TPSA) is 12.4 Å². The Bertz CT molecular complexity index is 260. The van der Waals surface area contributed by atoms with Gasteiger partial charge in [0.2, 0.25) is 5.69 Å². The van der Waals surface area contributed by atoms with E-state index in [0.29, 0.717) is 0 Å². The minimum absolute atomic E-state index is 0. The molecular weight excluding hydrogens is 257 g/mol. The van der Waals surface area contributed by atoms with E-state index in [4.69, 9.17) is 0 Å². The van der Waals surface area contributed by atoms with Crippen LogP contribution in [0.1, 0.15) is 0 Å². The monoisotopic (exact) mass is 261 g/mol. The lowest BCUT2D eigenvalue weighted by molar-refractivity contribution is -0.00000171. The smallest absolute Gasteiger partial charge is 0.272 e. The van der Waals surface area contributed by atoms with Crippen LogP contribution < -0.4 is 24.0 Å². The number of aliphatic imine (C=N–C) groups is 1. The van der Waals surface area contributed by atoms with Crippen LogP contribution >= 0.6 is 11.8 Å². The Hall–Kier alpha value is -0.120. The number of hydrogen-bond acceptors (Lipinski definition) is 2. The fourth-order valence-electron chi connectivity index (χ4n) is 0.757. The van der Waals surface area contributed by atoms with Gasteiger partial charge >= 0.3 is 0 Å². The van der Waals surface area contributed by atoms with Crippen LogP contribution in [0.3, 0.4) is 0 Å². The Morgan fingerprint density at radius 1 is 1.30 bits per heavy atom. The molecule has 0 amide bonds. The molecule has 1 aromatic carbocycles. The van der Waals surface area contributed by atoms with Crippen molar-refractivity contribution in [2.24, 2.45) is 4.99 Å². The Morgan fingerprint density at radius 3 is 2.90 bits per heavy atom. The van der Waals surface area contributed by atoms with Crippen LogP contribution in [0, 0.1) is 0 Å². The van der Waals surface area contributed by atoms with Gasteiger partial charge in [-0.05, 0) is 12.1 Å². The maximum Gasteiger partial charge on any atom is 0.272 e. The summed E-state index contributed by atoms with van der Waals surface area (Å²) in [6.45, 7) is 0. The summed E-state index contributed by atoms with van der Waals surface area (Å²) in [6, 6.07) is 8.02. The summed E-state index contributed by atoms with van der Waals surface area (Å²) in [5.74, 6) is 0. The molecule has 2 rings (SSSR count). The van der Waals surface area contributed by atoms with Crippen molar-refractivity contribution < 1.29 is 24.0 Å². The van der Waals surface area contributed by atoms with Gasteiger partial charge in [-0.1, -0.05) is 6.07 Å². The minimum Gasteiger partial charge on any atom is -1.00 e. The van der Waals surface area contributed by atoms with Crippen LogP contribution in [0.15, 0.2) is 34.2 Å². The number of thioether (sulfide) groups is 1. The van der Waals surface area contributed by atoms with Gasteiger partial charge in [-0.15, -0.1) is 0 Å². The predicted octanol–water partition coefficient (Wildman–Crippen LogP) is -0.667. The zero-order valence-corrected chi connectivity index (χ0v) is 8.02. The van der Waals surface area contributed by atoms with Gasteiger partial charge in [0.05, 0.1) is 6.07 Å². The molecule has 1 nitrogen and oxygen atoms in total. The van der Waals surface area contributed by atoms with Crippen LogP contribution in [-0.2, 0) is 0 Å². The summed E-state index contributed by atoms with van der Waals surface area (Å²) in [5, 5.41) is 0. The Kier molecular flexibility index (Phi) is 2.65. The largest absolute Gasteiger partial charge is 1.00 e.